The first kappa shape index (κ1) is 12.9. The summed E-state index contributed by atoms with van der Waals surface area (Å²) in [6.07, 6.45) is 0. The molecule has 1 aromatic heterocycles. The normalized spacial score (nSPS) is 10.3. The van der Waals surface area contributed by atoms with Gasteiger partial charge in [0.05, 0.1) is 5.56 Å². The molecule has 2 aromatic rings. The minimum absolute atomic E-state index is 0.242. The van der Waals surface area contributed by atoms with E-state index in [0.29, 0.717) is 17.3 Å². The first-order valence-corrected chi connectivity index (χ1v) is 6.80. The van der Waals surface area contributed by atoms with Crippen LogP contribution in [-0.4, -0.2) is 14.8 Å². The zero-order valence-electron chi connectivity index (χ0n) is 9.48. The fraction of sp³-hybridized carbons (Fsp3) is 0.182. The van der Waals surface area contributed by atoms with Crippen molar-refractivity contribution in [1.29, 1.82) is 5.26 Å². The van der Waals surface area contributed by atoms with Crippen molar-refractivity contribution in [3.05, 3.63) is 38.7 Å². The molecule has 0 atom stereocenters. The highest BCUT2D eigenvalue weighted by molar-refractivity contribution is 9.10. The van der Waals surface area contributed by atoms with Gasteiger partial charge in [0.25, 0.3) is 0 Å². The molecule has 0 bridgehead atoms. The van der Waals surface area contributed by atoms with Crippen molar-refractivity contribution >= 4 is 27.7 Å². The summed E-state index contributed by atoms with van der Waals surface area (Å²) in [7, 11) is 0. The maximum Gasteiger partial charge on any atom is 0.343 e. The van der Waals surface area contributed by atoms with Gasteiger partial charge in [-0.15, -0.1) is 5.10 Å². The Hall–Kier alpha value is -1.52. The number of nitriles is 1. The lowest BCUT2D eigenvalue weighted by Crippen LogP contribution is -2.16. The standard InChI is InChI=1S/C11H9BrN4OS/c1-2-16-10(17)14-15-11(16)18-9-5-3-4-8(12)7(9)6-13/h3-5H,2H2,1H3,(H,14,17). The molecule has 1 heterocycles. The molecule has 0 aliphatic heterocycles. The van der Waals surface area contributed by atoms with E-state index in [9.17, 15) is 4.79 Å². The lowest BCUT2D eigenvalue weighted by Gasteiger charge is -2.05. The Bertz CT molecular complexity index is 670. The third-order valence-electron chi connectivity index (χ3n) is 2.33. The van der Waals surface area contributed by atoms with Crippen LogP contribution < -0.4 is 5.69 Å². The Kier molecular flexibility index (Phi) is 3.89. The van der Waals surface area contributed by atoms with Gasteiger partial charge in [-0.25, -0.2) is 9.89 Å². The monoisotopic (exact) mass is 324 g/mol. The van der Waals surface area contributed by atoms with Crippen LogP contribution in [0.5, 0.6) is 0 Å². The number of nitrogens with one attached hydrogen (secondary N) is 1. The van der Waals surface area contributed by atoms with Crippen molar-refractivity contribution in [1.82, 2.24) is 14.8 Å². The molecule has 0 saturated heterocycles. The van der Waals surface area contributed by atoms with Crippen LogP contribution in [0.3, 0.4) is 0 Å². The number of nitrogens with zero attached hydrogens (tertiary/aromatic N) is 3. The molecule has 1 N–H and O–H groups in total. The molecule has 0 unspecified atom stereocenters. The summed E-state index contributed by atoms with van der Waals surface area (Å²) in [5, 5.41) is 16.0. The summed E-state index contributed by atoms with van der Waals surface area (Å²) in [4.78, 5) is 12.2. The van der Waals surface area contributed by atoms with Crippen molar-refractivity contribution in [2.24, 2.45) is 0 Å². The molecule has 0 amide bonds. The third-order valence-corrected chi connectivity index (χ3v) is 4.04. The Morgan fingerprint density at radius 1 is 1.61 bits per heavy atom. The van der Waals surface area contributed by atoms with E-state index in [4.69, 9.17) is 5.26 Å². The smallest absolute Gasteiger partial charge is 0.270 e. The lowest BCUT2D eigenvalue weighted by atomic mass is 10.2. The molecule has 0 radical (unpaired) electrons. The Morgan fingerprint density at radius 2 is 2.39 bits per heavy atom. The van der Waals surface area contributed by atoms with Crippen molar-refractivity contribution in [3.8, 4) is 6.07 Å². The third kappa shape index (κ3) is 2.35. The first-order chi connectivity index (χ1) is 8.67. The Labute approximate surface area is 116 Å². The number of hydrogen-bond donors (Lipinski definition) is 1. The molecule has 1 aromatic carbocycles. The average Bonchev–Trinajstić information content (AvgIpc) is 2.70. The van der Waals surface area contributed by atoms with Crippen LogP contribution in [0.25, 0.3) is 0 Å². The Morgan fingerprint density at radius 3 is 3.06 bits per heavy atom. The van der Waals surface area contributed by atoms with Crippen LogP contribution in [0.1, 0.15) is 12.5 Å². The van der Waals surface area contributed by atoms with Crippen molar-refractivity contribution in [3.63, 3.8) is 0 Å². The molecule has 5 nitrogen and oxygen atoms in total. The Balaban J connectivity index is 2.44. The fourth-order valence-corrected chi connectivity index (χ4v) is 3.06. The largest absolute Gasteiger partial charge is 0.343 e. The van der Waals surface area contributed by atoms with E-state index in [1.54, 1.807) is 6.07 Å². The van der Waals surface area contributed by atoms with Crippen LogP contribution in [0.4, 0.5) is 0 Å². The van der Waals surface area contributed by atoms with Crippen LogP contribution in [0.15, 0.2) is 37.5 Å². The van der Waals surface area contributed by atoms with Gasteiger partial charge in [-0.05, 0) is 46.7 Å². The van der Waals surface area contributed by atoms with E-state index >= 15 is 0 Å². The second-order valence-electron chi connectivity index (χ2n) is 3.38. The van der Waals surface area contributed by atoms with Crippen molar-refractivity contribution < 1.29 is 0 Å². The summed E-state index contributed by atoms with van der Waals surface area (Å²) in [6.45, 7) is 2.40. The zero-order valence-corrected chi connectivity index (χ0v) is 11.9. The summed E-state index contributed by atoms with van der Waals surface area (Å²) >= 11 is 4.62. The van der Waals surface area contributed by atoms with Gasteiger partial charge in [0, 0.05) is 15.9 Å². The maximum atomic E-state index is 11.4. The second kappa shape index (κ2) is 5.42. The van der Waals surface area contributed by atoms with Gasteiger partial charge in [-0.2, -0.15) is 5.26 Å². The number of hydrogen-bond acceptors (Lipinski definition) is 4. The topological polar surface area (TPSA) is 74.5 Å². The minimum atomic E-state index is -0.242. The first-order valence-electron chi connectivity index (χ1n) is 5.19. The van der Waals surface area contributed by atoms with Gasteiger partial charge in [-0.1, -0.05) is 6.07 Å². The van der Waals surface area contributed by atoms with Crippen LogP contribution in [0, 0.1) is 11.3 Å². The van der Waals surface area contributed by atoms with Gasteiger partial charge >= 0.3 is 5.69 Å². The molecule has 7 heteroatoms. The van der Waals surface area contributed by atoms with E-state index in [-0.39, 0.29) is 5.69 Å². The molecule has 0 aliphatic rings. The molecular weight excluding hydrogens is 316 g/mol. The van der Waals surface area contributed by atoms with Crippen LogP contribution in [0.2, 0.25) is 0 Å². The number of rotatable bonds is 3. The second-order valence-corrected chi connectivity index (χ2v) is 5.25. The number of aromatic amines is 1. The fourth-order valence-electron chi connectivity index (χ4n) is 1.46. The van der Waals surface area contributed by atoms with Gasteiger partial charge in [0.1, 0.15) is 6.07 Å². The van der Waals surface area contributed by atoms with E-state index < -0.39 is 0 Å². The molecular formula is C11H9BrN4OS. The summed E-state index contributed by atoms with van der Waals surface area (Å²) in [5.41, 5.74) is 0.300. The number of aromatic nitrogens is 3. The van der Waals surface area contributed by atoms with E-state index in [0.717, 1.165) is 9.37 Å². The molecule has 92 valence electrons. The van der Waals surface area contributed by atoms with Crippen LogP contribution >= 0.6 is 27.7 Å². The zero-order chi connectivity index (χ0) is 13.1. The minimum Gasteiger partial charge on any atom is -0.270 e. The number of halogens is 1. The highest BCUT2D eigenvalue weighted by Crippen LogP contribution is 2.31. The van der Waals surface area contributed by atoms with E-state index in [2.05, 4.69) is 32.2 Å². The summed E-state index contributed by atoms with van der Waals surface area (Å²) in [5.74, 6) is 0. The molecule has 0 spiro atoms. The SMILES string of the molecule is CCn1c(Sc2cccc(Br)c2C#N)n[nH]c1=O. The van der Waals surface area contributed by atoms with E-state index in [1.165, 1.54) is 16.3 Å². The highest BCUT2D eigenvalue weighted by atomic mass is 79.9. The maximum absolute atomic E-state index is 11.4. The molecule has 0 saturated carbocycles. The quantitative estimate of drug-likeness (QED) is 0.940. The lowest BCUT2D eigenvalue weighted by molar-refractivity contribution is 0.660. The van der Waals surface area contributed by atoms with Gasteiger partial charge in [0.2, 0.25) is 0 Å². The van der Waals surface area contributed by atoms with Crippen molar-refractivity contribution in [2.45, 2.75) is 23.5 Å². The molecule has 0 fully saturated rings. The van der Waals surface area contributed by atoms with Gasteiger partial charge in [0.15, 0.2) is 5.16 Å². The predicted molar refractivity (Wildman–Crippen MR) is 71.5 cm³/mol. The van der Waals surface area contributed by atoms with Crippen molar-refractivity contribution in [2.75, 3.05) is 0 Å². The van der Waals surface area contributed by atoms with E-state index in [1.807, 2.05) is 19.1 Å². The highest BCUT2D eigenvalue weighted by Gasteiger charge is 2.12. The predicted octanol–water partition coefficient (Wildman–Crippen LogP) is 2.38. The van der Waals surface area contributed by atoms with Gasteiger partial charge in [-0.3, -0.25) is 4.57 Å². The average molecular weight is 325 g/mol. The number of H-pyrrole nitrogens is 1. The van der Waals surface area contributed by atoms with Crippen LogP contribution in [-0.2, 0) is 6.54 Å². The molecule has 2 rings (SSSR count). The number of benzene rings is 1. The van der Waals surface area contributed by atoms with Gasteiger partial charge < -0.3 is 0 Å². The summed E-state index contributed by atoms with van der Waals surface area (Å²) < 4.78 is 2.25. The molecule has 18 heavy (non-hydrogen) atoms. The molecule has 0 aliphatic carbocycles. The summed E-state index contributed by atoms with van der Waals surface area (Å²) in [6, 6.07) is 7.61.